The predicted octanol–water partition coefficient (Wildman–Crippen LogP) is 5.14. The van der Waals surface area contributed by atoms with Gasteiger partial charge in [0.25, 0.3) is 5.56 Å². The smallest absolute Gasteiger partial charge is 0.272 e. The lowest BCUT2D eigenvalue weighted by Crippen LogP contribution is -2.26. The number of aromatic nitrogens is 2. The Labute approximate surface area is 167 Å². The molecular formula is C21H18ClN3OS. The van der Waals surface area contributed by atoms with Gasteiger partial charge in [0.2, 0.25) is 0 Å². The van der Waals surface area contributed by atoms with Gasteiger partial charge in [-0.15, -0.1) is 0 Å². The van der Waals surface area contributed by atoms with Gasteiger partial charge in [-0.2, -0.15) is 5.26 Å². The molecule has 4 nitrogen and oxygen atoms in total. The molecular weight excluding hydrogens is 378 g/mol. The summed E-state index contributed by atoms with van der Waals surface area (Å²) < 4.78 is 1.60. The first kappa shape index (κ1) is 19.2. The molecule has 1 aromatic heterocycles. The summed E-state index contributed by atoms with van der Waals surface area (Å²) in [5, 5.41) is 10.7. The van der Waals surface area contributed by atoms with Gasteiger partial charge in [-0.1, -0.05) is 72.8 Å². The second kappa shape index (κ2) is 8.90. The summed E-state index contributed by atoms with van der Waals surface area (Å²) in [6.07, 6.45) is 0.780. The van der Waals surface area contributed by atoms with Crippen molar-refractivity contribution < 1.29 is 0 Å². The van der Waals surface area contributed by atoms with Crippen LogP contribution in [0, 0.1) is 11.3 Å². The summed E-state index contributed by atoms with van der Waals surface area (Å²) in [5.74, 6) is 0.692. The average molecular weight is 396 g/mol. The molecule has 0 unspecified atom stereocenters. The first-order valence-electron chi connectivity index (χ1n) is 8.61. The Hall–Kier alpha value is -2.55. The van der Waals surface area contributed by atoms with Crippen LogP contribution in [0.1, 0.15) is 24.5 Å². The second-order valence-electron chi connectivity index (χ2n) is 5.97. The van der Waals surface area contributed by atoms with Gasteiger partial charge < -0.3 is 0 Å². The van der Waals surface area contributed by atoms with E-state index >= 15 is 0 Å². The molecule has 0 aliphatic rings. The zero-order valence-corrected chi connectivity index (χ0v) is 16.4. The average Bonchev–Trinajstić information content (AvgIpc) is 2.69. The number of thioether (sulfide) groups is 1. The van der Waals surface area contributed by atoms with E-state index in [-0.39, 0.29) is 11.1 Å². The highest BCUT2D eigenvalue weighted by Crippen LogP contribution is 2.27. The third-order valence-electron chi connectivity index (χ3n) is 4.00. The largest absolute Gasteiger partial charge is 0.286 e. The molecule has 0 radical (unpaired) electrons. The van der Waals surface area contributed by atoms with Crippen molar-refractivity contribution in [3.63, 3.8) is 0 Å². The van der Waals surface area contributed by atoms with Crippen LogP contribution in [0.15, 0.2) is 64.5 Å². The first-order valence-corrected chi connectivity index (χ1v) is 9.98. The summed E-state index contributed by atoms with van der Waals surface area (Å²) in [7, 11) is 0. The summed E-state index contributed by atoms with van der Waals surface area (Å²) in [6.45, 7) is 2.52. The van der Waals surface area contributed by atoms with E-state index in [4.69, 9.17) is 16.6 Å². The summed E-state index contributed by atoms with van der Waals surface area (Å²) in [5.41, 5.74) is 1.94. The molecule has 0 saturated carbocycles. The van der Waals surface area contributed by atoms with E-state index in [0.717, 1.165) is 12.0 Å². The SMILES string of the molecule is CCCn1c(SCc2ccccc2)nc(-c2cccc(Cl)c2)c(C#N)c1=O. The standard InChI is InChI=1S/C21H18ClN3OS/c1-2-11-25-20(26)18(13-23)19(16-9-6-10-17(22)12-16)24-21(25)27-14-15-7-4-3-5-8-15/h3-10,12H,2,11,14H2,1H3. The van der Waals surface area contributed by atoms with Crippen LogP contribution in [0.5, 0.6) is 0 Å². The van der Waals surface area contributed by atoms with Crippen LogP contribution in [0.3, 0.4) is 0 Å². The molecule has 0 spiro atoms. The summed E-state index contributed by atoms with van der Waals surface area (Å²) >= 11 is 7.59. The molecule has 6 heteroatoms. The third kappa shape index (κ3) is 4.41. The Morgan fingerprint density at radius 3 is 2.63 bits per heavy atom. The van der Waals surface area contributed by atoms with Crippen molar-refractivity contribution in [1.29, 1.82) is 5.26 Å². The highest BCUT2D eigenvalue weighted by Gasteiger charge is 2.18. The minimum absolute atomic E-state index is 0.0507. The molecule has 136 valence electrons. The number of halogens is 1. The maximum atomic E-state index is 13.0. The van der Waals surface area contributed by atoms with Crippen LogP contribution < -0.4 is 5.56 Å². The van der Waals surface area contributed by atoms with Crippen molar-refractivity contribution in [2.75, 3.05) is 0 Å². The molecule has 3 aromatic rings. The molecule has 2 aromatic carbocycles. The number of hydrogen-bond donors (Lipinski definition) is 0. The fraction of sp³-hybridized carbons (Fsp3) is 0.190. The molecule has 0 aliphatic carbocycles. The highest BCUT2D eigenvalue weighted by atomic mass is 35.5. The Bertz CT molecular complexity index is 1040. The minimum atomic E-state index is -0.306. The number of hydrogen-bond acceptors (Lipinski definition) is 4. The van der Waals surface area contributed by atoms with E-state index in [1.807, 2.05) is 49.4 Å². The van der Waals surface area contributed by atoms with E-state index in [0.29, 0.717) is 33.7 Å². The fourth-order valence-electron chi connectivity index (χ4n) is 2.73. The van der Waals surface area contributed by atoms with Crippen molar-refractivity contribution in [3.8, 4) is 17.3 Å². The van der Waals surface area contributed by atoms with Crippen LogP contribution in [-0.4, -0.2) is 9.55 Å². The molecule has 0 saturated heterocycles. The quantitative estimate of drug-likeness (QED) is 0.428. The van der Waals surface area contributed by atoms with Gasteiger partial charge in [0.1, 0.15) is 11.6 Å². The molecule has 3 rings (SSSR count). The topological polar surface area (TPSA) is 58.7 Å². The molecule has 0 amide bonds. The van der Waals surface area contributed by atoms with Gasteiger partial charge in [0, 0.05) is 22.9 Å². The van der Waals surface area contributed by atoms with Crippen LogP contribution >= 0.6 is 23.4 Å². The van der Waals surface area contributed by atoms with E-state index in [1.165, 1.54) is 11.8 Å². The lowest BCUT2D eigenvalue weighted by molar-refractivity contribution is 0.575. The molecule has 0 bridgehead atoms. The van der Waals surface area contributed by atoms with Gasteiger partial charge in [-0.05, 0) is 24.1 Å². The zero-order chi connectivity index (χ0) is 19.2. The van der Waals surface area contributed by atoms with Crippen molar-refractivity contribution in [3.05, 3.63) is 81.1 Å². The molecule has 0 N–H and O–H groups in total. The van der Waals surface area contributed by atoms with E-state index in [2.05, 4.69) is 0 Å². The van der Waals surface area contributed by atoms with Crippen LogP contribution in [0.2, 0.25) is 5.02 Å². The maximum absolute atomic E-state index is 13.0. The van der Waals surface area contributed by atoms with Gasteiger partial charge in [0.05, 0.1) is 5.69 Å². The third-order valence-corrected chi connectivity index (χ3v) is 5.28. The van der Waals surface area contributed by atoms with Gasteiger partial charge >= 0.3 is 0 Å². The van der Waals surface area contributed by atoms with Crippen molar-refractivity contribution in [2.45, 2.75) is 30.8 Å². The van der Waals surface area contributed by atoms with Crippen LogP contribution in [0.25, 0.3) is 11.3 Å². The normalized spacial score (nSPS) is 10.6. The Balaban J connectivity index is 2.10. The monoisotopic (exact) mass is 395 g/mol. The second-order valence-corrected chi connectivity index (χ2v) is 7.35. The van der Waals surface area contributed by atoms with Gasteiger partial charge in [0.15, 0.2) is 5.16 Å². The van der Waals surface area contributed by atoms with Crippen molar-refractivity contribution in [2.24, 2.45) is 0 Å². The molecule has 0 fully saturated rings. The number of rotatable bonds is 6. The lowest BCUT2D eigenvalue weighted by atomic mass is 10.1. The summed E-state index contributed by atoms with van der Waals surface area (Å²) in [6, 6.07) is 19.1. The van der Waals surface area contributed by atoms with E-state index in [1.54, 1.807) is 22.8 Å². The number of nitriles is 1. The predicted molar refractivity (Wildman–Crippen MR) is 110 cm³/mol. The fourth-order valence-corrected chi connectivity index (χ4v) is 3.90. The van der Waals surface area contributed by atoms with E-state index < -0.39 is 0 Å². The molecule has 1 heterocycles. The van der Waals surface area contributed by atoms with Crippen LogP contribution in [0.4, 0.5) is 0 Å². The Morgan fingerprint density at radius 2 is 1.96 bits per heavy atom. The Morgan fingerprint density at radius 1 is 1.19 bits per heavy atom. The molecule has 0 atom stereocenters. The number of nitrogens with zero attached hydrogens (tertiary/aromatic N) is 3. The minimum Gasteiger partial charge on any atom is -0.286 e. The zero-order valence-electron chi connectivity index (χ0n) is 14.9. The lowest BCUT2D eigenvalue weighted by Gasteiger charge is -2.14. The highest BCUT2D eigenvalue weighted by molar-refractivity contribution is 7.98. The van der Waals surface area contributed by atoms with Gasteiger partial charge in [-0.25, -0.2) is 4.98 Å². The van der Waals surface area contributed by atoms with E-state index in [9.17, 15) is 10.1 Å². The van der Waals surface area contributed by atoms with Gasteiger partial charge in [-0.3, -0.25) is 9.36 Å². The number of benzene rings is 2. The Kier molecular flexibility index (Phi) is 6.33. The first-order chi connectivity index (χ1) is 13.1. The maximum Gasteiger partial charge on any atom is 0.272 e. The van der Waals surface area contributed by atoms with Crippen molar-refractivity contribution in [1.82, 2.24) is 9.55 Å². The van der Waals surface area contributed by atoms with Crippen molar-refractivity contribution >= 4 is 23.4 Å². The summed E-state index contributed by atoms with van der Waals surface area (Å²) in [4.78, 5) is 17.6. The van der Waals surface area contributed by atoms with Crippen LogP contribution in [-0.2, 0) is 12.3 Å². The molecule has 0 aliphatic heterocycles. The molecule has 27 heavy (non-hydrogen) atoms.